The average Bonchev–Trinajstić information content (AvgIpc) is 3.37. The number of rotatable bonds is 5. The van der Waals surface area contributed by atoms with Gasteiger partial charge >= 0.3 is 0 Å². The van der Waals surface area contributed by atoms with Crippen LogP contribution in [0.1, 0.15) is 11.4 Å². The lowest BCUT2D eigenvalue weighted by Crippen LogP contribution is -2.10. The van der Waals surface area contributed by atoms with E-state index in [-0.39, 0.29) is 5.56 Å². The molecular weight excluding hydrogens is 416 g/mol. The number of hydrogen-bond acceptors (Lipinski definition) is 6. The molecule has 0 atom stereocenters. The number of thiophene rings is 2. The van der Waals surface area contributed by atoms with E-state index >= 15 is 0 Å². The summed E-state index contributed by atoms with van der Waals surface area (Å²) in [6.45, 7) is 0. The molecule has 0 unspecified atom stereocenters. The Morgan fingerprint density at radius 2 is 2.00 bits per heavy atom. The summed E-state index contributed by atoms with van der Waals surface area (Å²) < 4.78 is 10.6. The quantitative estimate of drug-likeness (QED) is 0.456. The van der Waals surface area contributed by atoms with Gasteiger partial charge in [0.25, 0.3) is 5.56 Å². The van der Waals surface area contributed by atoms with E-state index in [1.165, 1.54) is 11.3 Å². The fourth-order valence-electron chi connectivity index (χ4n) is 2.83. The smallest absolute Gasteiger partial charge is 0.260 e. The number of fused-ring (bicyclic) bond motifs is 1. The normalized spacial score (nSPS) is 11.8. The Morgan fingerprint density at radius 1 is 1.18 bits per heavy atom. The summed E-state index contributed by atoms with van der Waals surface area (Å²) in [5, 5.41) is 4.86. The van der Waals surface area contributed by atoms with Gasteiger partial charge in [-0.1, -0.05) is 23.7 Å². The lowest BCUT2D eigenvalue weighted by atomic mass is 10.2. The molecule has 0 aliphatic carbocycles. The summed E-state index contributed by atoms with van der Waals surface area (Å²) in [4.78, 5) is 21.8. The van der Waals surface area contributed by atoms with Crippen LogP contribution in [-0.2, 0) is 0 Å². The van der Waals surface area contributed by atoms with Crippen LogP contribution in [0, 0.1) is 0 Å². The van der Waals surface area contributed by atoms with E-state index in [0.717, 1.165) is 16.0 Å². The van der Waals surface area contributed by atoms with E-state index in [4.69, 9.17) is 21.1 Å². The minimum absolute atomic E-state index is 0.205. The summed E-state index contributed by atoms with van der Waals surface area (Å²) in [6, 6.07) is 9.39. The summed E-state index contributed by atoms with van der Waals surface area (Å²) in [5.41, 5.74) is 1.50. The third-order valence-electron chi connectivity index (χ3n) is 4.16. The van der Waals surface area contributed by atoms with Gasteiger partial charge in [0.1, 0.15) is 4.83 Å². The Labute approximate surface area is 173 Å². The number of ether oxygens (including phenoxy) is 2. The third-order valence-corrected chi connectivity index (χ3v) is 6.22. The number of hydrogen-bond donors (Lipinski definition) is 1. The summed E-state index contributed by atoms with van der Waals surface area (Å²) in [6.07, 6.45) is 1.72. The largest absolute Gasteiger partial charge is 0.493 e. The van der Waals surface area contributed by atoms with Crippen molar-refractivity contribution in [1.82, 2.24) is 9.97 Å². The van der Waals surface area contributed by atoms with Gasteiger partial charge in [0.15, 0.2) is 17.3 Å². The van der Waals surface area contributed by atoms with E-state index in [1.807, 2.05) is 29.0 Å². The zero-order valence-electron chi connectivity index (χ0n) is 15.0. The molecule has 0 aliphatic rings. The second kappa shape index (κ2) is 7.79. The first kappa shape index (κ1) is 18.7. The van der Waals surface area contributed by atoms with Crippen molar-refractivity contribution in [2.24, 2.45) is 0 Å². The molecule has 0 bridgehead atoms. The van der Waals surface area contributed by atoms with Gasteiger partial charge in [0.05, 0.1) is 24.6 Å². The van der Waals surface area contributed by atoms with E-state index < -0.39 is 0 Å². The van der Waals surface area contributed by atoms with Crippen LogP contribution in [-0.4, -0.2) is 24.2 Å². The Morgan fingerprint density at radius 3 is 2.71 bits per heavy atom. The maximum atomic E-state index is 12.7. The van der Waals surface area contributed by atoms with Gasteiger partial charge in [-0.25, -0.2) is 4.98 Å². The van der Waals surface area contributed by atoms with Crippen molar-refractivity contribution in [2.75, 3.05) is 14.2 Å². The lowest BCUT2D eigenvalue weighted by Gasteiger charge is -2.08. The number of nitrogens with zero attached hydrogens (tertiary/aromatic N) is 1. The third kappa shape index (κ3) is 3.44. The molecule has 1 N–H and O–H groups in total. The highest BCUT2D eigenvalue weighted by atomic mass is 35.5. The fourth-order valence-corrected chi connectivity index (χ4v) is 4.81. The summed E-state index contributed by atoms with van der Waals surface area (Å²) >= 11 is 9.47. The number of benzene rings is 1. The molecule has 3 heterocycles. The van der Waals surface area contributed by atoms with Gasteiger partial charge in [-0.3, -0.25) is 4.79 Å². The first-order chi connectivity index (χ1) is 13.6. The van der Waals surface area contributed by atoms with Gasteiger partial charge in [0, 0.05) is 15.8 Å². The molecule has 0 radical (unpaired) electrons. The van der Waals surface area contributed by atoms with Gasteiger partial charge in [-0.15, -0.1) is 22.7 Å². The van der Waals surface area contributed by atoms with Crippen LogP contribution in [0.4, 0.5) is 0 Å². The van der Waals surface area contributed by atoms with Crippen molar-refractivity contribution >= 4 is 55.6 Å². The van der Waals surface area contributed by atoms with Crippen LogP contribution < -0.4 is 15.0 Å². The molecule has 1 aromatic carbocycles. The highest BCUT2D eigenvalue weighted by Crippen LogP contribution is 2.34. The van der Waals surface area contributed by atoms with Gasteiger partial charge in [0.2, 0.25) is 0 Å². The van der Waals surface area contributed by atoms with Crippen LogP contribution >= 0.6 is 34.3 Å². The zero-order chi connectivity index (χ0) is 19.7. The molecule has 142 valence electrons. The lowest BCUT2D eigenvalue weighted by molar-refractivity contribution is 0.355. The number of H-pyrrole nitrogens is 1. The number of halogens is 1. The predicted octanol–water partition coefficient (Wildman–Crippen LogP) is 5.47. The molecule has 0 amide bonds. The van der Waals surface area contributed by atoms with E-state index in [0.29, 0.717) is 32.6 Å². The number of aromatic nitrogens is 2. The standard InChI is InChI=1S/C20H15ClN2O3S2/c1-25-14-6-5-11(9-15(14)26-2)8-13(21)18-22-19(24)17-12(10-28-20(17)23-18)16-4-3-7-27-16/h3-10H,1-2H3,(H,22,23,24)/b13-8-. The predicted molar refractivity (Wildman–Crippen MR) is 117 cm³/mol. The molecular formula is C20H15ClN2O3S2. The van der Waals surface area contributed by atoms with Gasteiger partial charge < -0.3 is 14.5 Å². The van der Waals surface area contributed by atoms with E-state index in [2.05, 4.69) is 9.97 Å². The topological polar surface area (TPSA) is 64.2 Å². The van der Waals surface area contributed by atoms with Gasteiger partial charge in [-0.2, -0.15) is 0 Å². The van der Waals surface area contributed by atoms with Crippen LogP contribution in [0.5, 0.6) is 11.5 Å². The first-order valence-electron chi connectivity index (χ1n) is 8.25. The van der Waals surface area contributed by atoms with Crippen LogP contribution in [0.25, 0.3) is 31.8 Å². The Kier molecular flexibility index (Phi) is 5.21. The van der Waals surface area contributed by atoms with Crippen molar-refractivity contribution in [1.29, 1.82) is 0 Å². The minimum Gasteiger partial charge on any atom is -0.493 e. The second-order valence-corrected chi connectivity index (χ2v) is 8.04. The maximum Gasteiger partial charge on any atom is 0.260 e. The molecule has 0 saturated carbocycles. The van der Waals surface area contributed by atoms with Gasteiger partial charge in [-0.05, 0) is 35.2 Å². The Balaban J connectivity index is 1.75. The highest BCUT2D eigenvalue weighted by Gasteiger charge is 2.15. The summed E-state index contributed by atoms with van der Waals surface area (Å²) in [5.74, 6) is 1.55. The number of aromatic amines is 1. The average molecular weight is 431 g/mol. The Bertz CT molecular complexity index is 1230. The second-order valence-electron chi connectivity index (χ2n) is 5.83. The first-order valence-corrected chi connectivity index (χ1v) is 10.4. The van der Waals surface area contributed by atoms with Crippen LogP contribution in [0.3, 0.4) is 0 Å². The molecule has 4 aromatic rings. The molecule has 0 aliphatic heterocycles. The minimum atomic E-state index is -0.205. The molecule has 28 heavy (non-hydrogen) atoms. The molecule has 5 nitrogen and oxygen atoms in total. The van der Waals surface area contributed by atoms with E-state index in [9.17, 15) is 4.79 Å². The zero-order valence-corrected chi connectivity index (χ0v) is 17.4. The fraction of sp³-hybridized carbons (Fsp3) is 0.100. The van der Waals surface area contributed by atoms with Crippen molar-refractivity contribution in [3.8, 4) is 21.9 Å². The Hall–Kier alpha value is -2.61. The monoisotopic (exact) mass is 430 g/mol. The molecule has 3 aromatic heterocycles. The SMILES string of the molecule is COc1ccc(/C=C(\Cl)c2nc3scc(-c4cccs4)c3c(=O)[nH]2)cc1OC. The van der Waals surface area contributed by atoms with Crippen LogP contribution in [0.2, 0.25) is 0 Å². The van der Waals surface area contributed by atoms with Crippen molar-refractivity contribution in [3.63, 3.8) is 0 Å². The van der Waals surface area contributed by atoms with Crippen molar-refractivity contribution in [2.45, 2.75) is 0 Å². The molecule has 0 spiro atoms. The molecule has 8 heteroatoms. The van der Waals surface area contributed by atoms with E-state index in [1.54, 1.807) is 43.8 Å². The summed E-state index contributed by atoms with van der Waals surface area (Å²) in [7, 11) is 3.15. The molecule has 4 rings (SSSR count). The number of methoxy groups -OCH3 is 2. The maximum absolute atomic E-state index is 12.7. The molecule has 0 saturated heterocycles. The molecule has 0 fully saturated rings. The highest BCUT2D eigenvalue weighted by molar-refractivity contribution is 7.18. The van der Waals surface area contributed by atoms with Crippen molar-refractivity contribution < 1.29 is 9.47 Å². The number of nitrogens with one attached hydrogen (secondary N) is 1. The van der Waals surface area contributed by atoms with Crippen LogP contribution in [0.15, 0.2) is 45.9 Å². The van der Waals surface area contributed by atoms with Crippen molar-refractivity contribution in [3.05, 3.63) is 62.8 Å².